The van der Waals surface area contributed by atoms with Crippen molar-refractivity contribution in [1.82, 2.24) is 9.88 Å². The quantitative estimate of drug-likeness (QED) is 0.584. The number of aryl methyl sites for hydroxylation is 1. The highest BCUT2D eigenvalue weighted by atomic mass is 35.5. The summed E-state index contributed by atoms with van der Waals surface area (Å²) in [5.41, 5.74) is 6.46. The van der Waals surface area contributed by atoms with Crippen LogP contribution in [0.15, 0.2) is 48.5 Å². The Morgan fingerprint density at radius 1 is 1.04 bits per heavy atom. The topological polar surface area (TPSA) is 54.3 Å². The van der Waals surface area contributed by atoms with E-state index in [4.69, 9.17) is 11.6 Å². The van der Waals surface area contributed by atoms with Crippen molar-refractivity contribution >= 4 is 17.6 Å². The summed E-state index contributed by atoms with van der Waals surface area (Å²) in [7, 11) is 0. The first-order chi connectivity index (χ1) is 13.4. The second-order valence-electron chi connectivity index (χ2n) is 7.08. The van der Waals surface area contributed by atoms with Crippen LogP contribution in [0.5, 0.6) is 0 Å². The smallest absolute Gasteiger partial charge is 0.337 e. The van der Waals surface area contributed by atoms with Gasteiger partial charge in [0.15, 0.2) is 0 Å². The first-order valence-electron chi connectivity index (χ1n) is 9.30. The fourth-order valence-electron chi connectivity index (χ4n) is 3.62. The van der Waals surface area contributed by atoms with Crippen LogP contribution in [-0.4, -0.2) is 15.6 Å². The van der Waals surface area contributed by atoms with Crippen LogP contribution in [0, 0.1) is 20.8 Å². The molecule has 0 bridgehead atoms. The van der Waals surface area contributed by atoms with E-state index < -0.39 is 5.97 Å². The number of carboxylic acids is 1. The summed E-state index contributed by atoms with van der Waals surface area (Å²) < 4.78 is 2.10. The van der Waals surface area contributed by atoms with Crippen molar-refractivity contribution in [3.05, 3.63) is 92.8 Å². The van der Waals surface area contributed by atoms with Gasteiger partial charge in [-0.3, -0.25) is 0 Å². The number of carboxylic acid groups (broad SMARTS) is 1. The van der Waals surface area contributed by atoms with E-state index in [1.54, 1.807) is 0 Å². The molecule has 0 aliphatic heterocycles. The average molecular weight is 397 g/mol. The number of aromatic carboxylic acids is 1. The van der Waals surface area contributed by atoms with Crippen LogP contribution in [0.25, 0.3) is 0 Å². The van der Waals surface area contributed by atoms with Gasteiger partial charge in [0.2, 0.25) is 0 Å². The molecule has 0 atom stereocenters. The van der Waals surface area contributed by atoms with Gasteiger partial charge < -0.3 is 15.0 Å². The lowest BCUT2D eigenvalue weighted by atomic mass is 10.1. The zero-order chi connectivity index (χ0) is 20.3. The average Bonchev–Trinajstić information content (AvgIpc) is 2.88. The van der Waals surface area contributed by atoms with Gasteiger partial charge in [-0.1, -0.05) is 48.0 Å². The molecule has 0 aliphatic rings. The molecule has 0 amide bonds. The summed E-state index contributed by atoms with van der Waals surface area (Å²) in [4.78, 5) is 11.9. The van der Waals surface area contributed by atoms with Crippen LogP contribution in [-0.2, 0) is 19.6 Å². The molecule has 3 aromatic rings. The minimum Gasteiger partial charge on any atom is -0.478 e. The van der Waals surface area contributed by atoms with E-state index >= 15 is 0 Å². The monoisotopic (exact) mass is 396 g/mol. The molecule has 5 heteroatoms. The van der Waals surface area contributed by atoms with E-state index in [9.17, 15) is 9.90 Å². The summed E-state index contributed by atoms with van der Waals surface area (Å²) in [6.45, 7) is 7.74. The van der Waals surface area contributed by atoms with Crippen molar-refractivity contribution in [2.45, 2.75) is 40.4 Å². The second-order valence-corrected chi connectivity index (χ2v) is 7.51. The van der Waals surface area contributed by atoms with Gasteiger partial charge >= 0.3 is 5.97 Å². The van der Waals surface area contributed by atoms with Gasteiger partial charge in [-0.15, -0.1) is 0 Å². The molecule has 4 nitrogen and oxygen atoms in total. The van der Waals surface area contributed by atoms with Crippen molar-refractivity contribution in [1.29, 1.82) is 0 Å². The predicted molar refractivity (Wildman–Crippen MR) is 113 cm³/mol. The number of rotatable bonds is 7. The minimum atomic E-state index is -0.885. The Labute approximate surface area is 170 Å². The van der Waals surface area contributed by atoms with Crippen LogP contribution in [0.1, 0.15) is 44.0 Å². The molecule has 0 fully saturated rings. The Morgan fingerprint density at radius 2 is 1.79 bits per heavy atom. The first-order valence-corrected chi connectivity index (χ1v) is 9.67. The van der Waals surface area contributed by atoms with E-state index in [1.807, 2.05) is 50.2 Å². The van der Waals surface area contributed by atoms with Crippen LogP contribution in [0.2, 0.25) is 5.02 Å². The number of aromatic nitrogens is 1. The van der Waals surface area contributed by atoms with E-state index in [2.05, 4.69) is 28.9 Å². The van der Waals surface area contributed by atoms with Gasteiger partial charge in [0.25, 0.3) is 0 Å². The largest absolute Gasteiger partial charge is 0.478 e. The molecule has 1 aromatic heterocycles. The number of hydrogen-bond donors (Lipinski definition) is 2. The van der Waals surface area contributed by atoms with Crippen LogP contribution in [0.4, 0.5) is 0 Å². The van der Waals surface area contributed by atoms with Gasteiger partial charge in [0.1, 0.15) is 0 Å². The van der Waals surface area contributed by atoms with Crippen LogP contribution < -0.4 is 5.32 Å². The lowest BCUT2D eigenvalue weighted by molar-refractivity contribution is 0.0694. The van der Waals surface area contributed by atoms with Crippen LogP contribution >= 0.6 is 11.6 Å². The third-order valence-corrected chi connectivity index (χ3v) is 5.47. The Kier molecular flexibility index (Phi) is 6.22. The molecule has 0 radical (unpaired) electrons. The first kappa shape index (κ1) is 20.2. The third kappa shape index (κ3) is 4.29. The lowest BCUT2D eigenvalue weighted by Gasteiger charge is -2.12. The SMILES string of the molecule is Cc1ccccc1Cn1c(C)c(CNCc2cccc(Cl)c2)c(C(=O)O)c1C. The zero-order valence-corrected chi connectivity index (χ0v) is 17.2. The normalized spacial score (nSPS) is 11.0. The van der Waals surface area contributed by atoms with Crippen molar-refractivity contribution < 1.29 is 9.90 Å². The highest BCUT2D eigenvalue weighted by Gasteiger charge is 2.22. The molecular weight excluding hydrogens is 372 g/mol. The Balaban J connectivity index is 1.86. The third-order valence-electron chi connectivity index (χ3n) is 5.23. The highest BCUT2D eigenvalue weighted by molar-refractivity contribution is 6.30. The standard InChI is InChI=1S/C23H25ClN2O2/c1-15-7-4-5-9-19(15)14-26-16(2)21(22(17(26)3)23(27)28)13-25-12-18-8-6-10-20(24)11-18/h4-11,25H,12-14H2,1-3H3,(H,27,28). The number of nitrogens with zero attached hydrogens (tertiary/aromatic N) is 1. The molecule has 2 N–H and O–H groups in total. The minimum absolute atomic E-state index is 0.393. The Morgan fingerprint density at radius 3 is 2.46 bits per heavy atom. The molecule has 0 saturated carbocycles. The molecule has 2 aromatic carbocycles. The lowest BCUT2D eigenvalue weighted by Crippen LogP contribution is -2.15. The number of benzene rings is 2. The second kappa shape index (κ2) is 8.63. The number of hydrogen-bond acceptors (Lipinski definition) is 2. The van der Waals surface area contributed by atoms with E-state index in [0.717, 1.165) is 22.5 Å². The predicted octanol–water partition coefficient (Wildman–Crippen LogP) is 5.10. The fourth-order valence-corrected chi connectivity index (χ4v) is 3.84. The molecule has 0 unspecified atom stereocenters. The summed E-state index contributed by atoms with van der Waals surface area (Å²) in [6.07, 6.45) is 0. The van der Waals surface area contributed by atoms with E-state index in [0.29, 0.717) is 30.2 Å². The van der Waals surface area contributed by atoms with Crippen LogP contribution in [0.3, 0.4) is 0 Å². The number of halogens is 1. The van der Waals surface area contributed by atoms with Crippen molar-refractivity contribution in [3.8, 4) is 0 Å². The summed E-state index contributed by atoms with van der Waals surface area (Å²) >= 11 is 6.04. The molecule has 0 spiro atoms. The summed E-state index contributed by atoms with van der Waals surface area (Å²) in [5.74, 6) is -0.885. The van der Waals surface area contributed by atoms with Gasteiger partial charge in [-0.25, -0.2) is 4.79 Å². The molecule has 3 rings (SSSR count). The Bertz CT molecular complexity index is 1010. The van der Waals surface area contributed by atoms with Crippen molar-refractivity contribution in [2.75, 3.05) is 0 Å². The van der Waals surface area contributed by atoms with Gasteiger partial charge in [0, 0.05) is 41.6 Å². The van der Waals surface area contributed by atoms with Crippen molar-refractivity contribution in [3.63, 3.8) is 0 Å². The summed E-state index contributed by atoms with van der Waals surface area (Å²) in [6, 6.07) is 15.9. The molecule has 28 heavy (non-hydrogen) atoms. The van der Waals surface area contributed by atoms with Crippen molar-refractivity contribution in [2.24, 2.45) is 0 Å². The van der Waals surface area contributed by atoms with Gasteiger partial charge in [0.05, 0.1) is 5.56 Å². The molecule has 146 valence electrons. The Hall–Kier alpha value is -2.56. The zero-order valence-electron chi connectivity index (χ0n) is 16.4. The maximum atomic E-state index is 11.9. The van der Waals surface area contributed by atoms with E-state index in [1.165, 1.54) is 11.1 Å². The summed E-state index contributed by atoms with van der Waals surface area (Å²) in [5, 5.41) is 13.9. The maximum absolute atomic E-state index is 11.9. The molecule has 0 saturated heterocycles. The molecular formula is C23H25ClN2O2. The number of nitrogens with one attached hydrogen (secondary N) is 1. The van der Waals surface area contributed by atoms with Gasteiger partial charge in [-0.05, 0) is 49.6 Å². The molecule has 1 heterocycles. The highest BCUT2D eigenvalue weighted by Crippen LogP contribution is 2.25. The fraction of sp³-hybridized carbons (Fsp3) is 0.261. The molecule has 0 aliphatic carbocycles. The van der Waals surface area contributed by atoms with Gasteiger partial charge in [-0.2, -0.15) is 0 Å². The van der Waals surface area contributed by atoms with E-state index in [-0.39, 0.29) is 0 Å². The maximum Gasteiger partial charge on any atom is 0.337 e. The number of carbonyl (C=O) groups is 1.